The molecule has 0 spiro atoms. The van der Waals surface area contributed by atoms with Crippen molar-refractivity contribution in [3.05, 3.63) is 52.0 Å². The summed E-state index contributed by atoms with van der Waals surface area (Å²) in [5, 5.41) is 12.2. The molecule has 1 aromatic carbocycles. The molecule has 24 heavy (non-hydrogen) atoms. The van der Waals surface area contributed by atoms with Gasteiger partial charge in [0, 0.05) is 18.3 Å². The van der Waals surface area contributed by atoms with Gasteiger partial charge in [0.2, 0.25) is 5.91 Å². The number of amides is 1. The van der Waals surface area contributed by atoms with Crippen LogP contribution in [-0.2, 0) is 22.4 Å². The fourth-order valence-electron chi connectivity index (χ4n) is 3.03. The van der Waals surface area contributed by atoms with E-state index in [1.165, 1.54) is 10.5 Å². The first-order valence-electron chi connectivity index (χ1n) is 8.13. The minimum atomic E-state index is -0.911. The molecular weight excluding hydrogens is 324 g/mol. The van der Waals surface area contributed by atoms with Gasteiger partial charge in [-0.25, -0.2) is 9.78 Å². The highest BCUT2D eigenvalue weighted by atomic mass is 32.1. The van der Waals surface area contributed by atoms with Gasteiger partial charge in [0.1, 0.15) is 6.04 Å². The van der Waals surface area contributed by atoms with E-state index >= 15 is 0 Å². The van der Waals surface area contributed by atoms with Crippen molar-refractivity contribution in [2.24, 2.45) is 0 Å². The molecule has 5 nitrogen and oxygen atoms in total. The van der Waals surface area contributed by atoms with Crippen molar-refractivity contribution in [1.82, 2.24) is 9.88 Å². The summed E-state index contributed by atoms with van der Waals surface area (Å²) >= 11 is 1.54. The summed E-state index contributed by atoms with van der Waals surface area (Å²) in [6.45, 7) is 0.525. The number of hydrogen-bond acceptors (Lipinski definition) is 4. The minimum Gasteiger partial charge on any atom is -0.480 e. The van der Waals surface area contributed by atoms with Crippen LogP contribution in [0.1, 0.15) is 35.5 Å². The zero-order valence-electron chi connectivity index (χ0n) is 13.4. The summed E-state index contributed by atoms with van der Waals surface area (Å²) in [6, 6.07) is 9.39. The zero-order valence-corrected chi connectivity index (χ0v) is 14.2. The number of rotatable bonds is 5. The van der Waals surface area contributed by atoms with Crippen LogP contribution in [0, 0.1) is 0 Å². The number of thiazole rings is 1. The normalized spacial score (nSPS) is 17.7. The molecule has 1 amide bonds. The SMILES string of the molecule is O=C(O)C1CCCCN1C(=O)Cc1csc(Cc2ccccc2)n1. The molecule has 1 atom stereocenters. The monoisotopic (exact) mass is 344 g/mol. The molecule has 126 valence electrons. The predicted octanol–water partition coefficient (Wildman–Crippen LogP) is 2.74. The number of aliphatic carboxylic acids is 1. The summed E-state index contributed by atoms with van der Waals surface area (Å²) in [5.41, 5.74) is 1.91. The number of carboxylic acids is 1. The Bertz CT molecular complexity index is 714. The van der Waals surface area contributed by atoms with Gasteiger partial charge in [-0.2, -0.15) is 0 Å². The summed E-state index contributed by atoms with van der Waals surface area (Å²) in [5.74, 6) is -1.05. The lowest BCUT2D eigenvalue weighted by atomic mass is 10.0. The molecule has 6 heteroatoms. The van der Waals surface area contributed by atoms with E-state index in [9.17, 15) is 14.7 Å². The van der Waals surface area contributed by atoms with Gasteiger partial charge < -0.3 is 10.0 Å². The standard InChI is InChI=1S/C18H20N2O3S/c21-17(20-9-5-4-8-15(20)18(22)23)11-14-12-24-16(19-14)10-13-6-2-1-3-7-13/h1-3,6-7,12,15H,4-5,8-11H2,(H,22,23). The van der Waals surface area contributed by atoms with Crippen LogP contribution in [-0.4, -0.2) is 39.5 Å². The Morgan fingerprint density at radius 3 is 2.79 bits per heavy atom. The summed E-state index contributed by atoms with van der Waals surface area (Å²) < 4.78 is 0. The molecule has 1 fully saturated rings. The molecule has 3 rings (SSSR count). The Morgan fingerprint density at radius 1 is 1.25 bits per heavy atom. The van der Waals surface area contributed by atoms with Gasteiger partial charge in [-0.3, -0.25) is 4.79 Å². The molecule has 0 aliphatic carbocycles. The summed E-state index contributed by atoms with van der Waals surface area (Å²) in [7, 11) is 0. The second kappa shape index (κ2) is 7.57. The van der Waals surface area contributed by atoms with Crippen LogP contribution in [0.5, 0.6) is 0 Å². The molecule has 1 saturated heterocycles. The summed E-state index contributed by atoms with van der Waals surface area (Å²) in [4.78, 5) is 29.8. The van der Waals surface area contributed by atoms with E-state index in [2.05, 4.69) is 17.1 Å². The third-order valence-electron chi connectivity index (χ3n) is 4.24. The van der Waals surface area contributed by atoms with Crippen LogP contribution in [0.2, 0.25) is 0 Å². The molecule has 1 aliphatic heterocycles. The average molecular weight is 344 g/mol. The lowest BCUT2D eigenvalue weighted by Crippen LogP contribution is -2.48. The van der Waals surface area contributed by atoms with E-state index < -0.39 is 12.0 Å². The molecule has 1 N–H and O–H groups in total. The van der Waals surface area contributed by atoms with E-state index in [1.807, 2.05) is 23.6 Å². The van der Waals surface area contributed by atoms with Gasteiger partial charge in [0.25, 0.3) is 0 Å². The Hall–Kier alpha value is -2.21. The topological polar surface area (TPSA) is 70.5 Å². The largest absolute Gasteiger partial charge is 0.480 e. The van der Waals surface area contributed by atoms with Crippen LogP contribution < -0.4 is 0 Å². The van der Waals surface area contributed by atoms with Gasteiger partial charge in [-0.15, -0.1) is 11.3 Å². The van der Waals surface area contributed by atoms with Crippen LogP contribution in [0.25, 0.3) is 0 Å². The highest BCUT2D eigenvalue weighted by Gasteiger charge is 2.31. The predicted molar refractivity (Wildman–Crippen MR) is 92.1 cm³/mol. The van der Waals surface area contributed by atoms with E-state index in [4.69, 9.17) is 0 Å². The van der Waals surface area contributed by atoms with Crippen LogP contribution in [0.4, 0.5) is 0 Å². The number of likely N-dealkylation sites (tertiary alicyclic amines) is 1. The fraction of sp³-hybridized carbons (Fsp3) is 0.389. The Kier molecular flexibility index (Phi) is 5.25. The molecule has 2 heterocycles. The van der Waals surface area contributed by atoms with E-state index in [1.54, 1.807) is 11.3 Å². The second-order valence-corrected chi connectivity index (χ2v) is 6.95. The first kappa shape index (κ1) is 16.6. The van der Waals surface area contributed by atoms with Crippen molar-refractivity contribution in [2.45, 2.75) is 38.1 Å². The van der Waals surface area contributed by atoms with Gasteiger partial charge in [-0.05, 0) is 24.8 Å². The number of benzene rings is 1. The van der Waals surface area contributed by atoms with Gasteiger partial charge >= 0.3 is 5.97 Å². The average Bonchev–Trinajstić information content (AvgIpc) is 3.02. The molecule has 0 saturated carbocycles. The lowest BCUT2D eigenvalue weighted by Gasteiger charge is -2.32. The Balaban J connectivity index is 1.63. The van der Waals surface area contributed by atoms with E-state index in [0.717, 1.165) is 30.0 Å². The number of nitrogens with zero attached hydrogens (tertiary/aromatic N) is 2. The van der Waals surface area contributed by atoms with Crippen molar-refractivity contribution >= 4 is 23.2 Å². The highest BCUT2D eigenvalue weighted by Crippen LogP contribution is 2.20. The van der Waals surface area contributed by atoms with E-state index in [-0.39, 0.29) is 12.3 Å². The molecule has 1 aromatic heterocycles. The number of carboxylic acid groups (broad SMARTS) is 1. The van der Waals surface area contributed by atoms with Crippen molar-refractivity contribution in [2.75, 3.05) is 6.54 Å². The second-order valence-electron chi connectivity index (χ2n) is 6.01. The summed E-state index contributed by atoms with van der Waals surface area (Å²) in [6.07, 6.45) is 3.19. The third-order valence-corrected chi connectivity index (χ3v) is 5.14. The first-order chi connectivity index (χ1) is 11.6. The molecule has 0 radical (unpaired) electrons. The lowest BCUT2D eigenvalue weighted by molar-refractivity contribution is -0.151. The van der Waals surface area contributed by atoms with Crippen molar-refractivity contribution in [1.29, 1.82) is 0 Å². The van der Waals surface area contributed by atoms with Crippen LogP contribution in [0.15, 0.2) is 35.7 Å². The molecule has 2 aromatic rings. The molecule has 1 unspecified atom stereocenters. The third kappa shape index (κ3) is 4.00. The zero-order chi connectivity index (χ0) is 16.9. The van der Waals surface area contributed by atoms with Gasteiger partial charge in [-0.1, -0.05) is 30.3 Å². The highest BCUT2D eigenvalue weighted by molar-refractivity contribution is 7.09. The van der Waals surface area contributed by atoms with E-state index in [0.29, 0.717) is 13.0 Å². The quantitative estimate of drug-likeness (QED) is 0.905. The Morgan fingerprint density at radius 2 is 2.04 bits per heavy atom. The van der Waals surface area contributed by atoms with Gasteiger partial charge in [0.05, 0.1) is 17.1 Å². The van der Waals surface area contributed by atoms with Crippen LogP contribution in [0.3, 0.4) is 0 Å². The number of piperidine rings is 1. The number of carbonyl (C=O) groups is 2. The fourth-order valence-corrected chi connectivity index (χ4v) is 3.85. The number of aromatic nitrogens is 1. The molecule has 1 aliphatic rings. The maximum Gasteiger partial charge on any atom is 0.326 e. The van der Waals surface area contributed by atoms with Crippen molar-refractivity contribution < 1.29 is 14.7 Å². The van der Waals surface area contributed by atoms with Gasteiger partial charge in [0.15, 0.2) is 0 Å². The van der Waals surface area contributed by atoms with Crippen LogP contribution >= 0.6 is 11.3 Å². The maximum atomic E-state index is 12.5. The van der Waals surface area contributed by atoms with Crippen molar-refractivity contribution in [3.63, 3.8) is 0 Å². The molecule has 0 bridgehead atoms. The number of hydrogen-bond donors (Lipinski definition) is 1. The maximum absolute atomic E-state index is 12.5. The van der Waals surface area contributed by atoms with Crippen molar-refractivity contribution in [3.8, 4) is 0 Å². The number of carbonyl (C=O) groups excluding carboxylic acids is 1. The first-order valence-corrected chi connectivity index (χ1v) is 9.01. The minimum absolute atomic E-state index is 0.140. The smallest absolute Gasteiger partial charge is 0.326 e. The Labute approximate surface area is 145 Å². The molecular formula is C18H20N2O3S.